The molecule has 0 N–H and O–H groups in total. The van der Waals surface area contributed by atoms with Crippen molar-refractivity contribution >= 4 is 0 Å². The van der Waals surface area contributed by atoms with Gasteiger partial charge in [-0.2, -0.15) is 0 Å². The van der Waals surface area contributed by atoms with Crippen LogP contribution in [0.2, 0.25) is 0 Å². The molecule has 1 heteroatoms. The fraction of sp³-hybridized carbons (Fsp3) is 1.00. The maximum Gasteiger partial charge on any atom is 0.0159 e. The van der Waals surface area contributed by atoms with Crippen LogP contribution in [-0.2, 0) is 0 Å². The molecule has 2 unspecified atom stereocenters. The third kappa shape index (κ3) is 2.35. The van der Waals surface area contributed by atoms with E-state index in [2.05, 4.69) is 19.2 Å². The van der Waals surface area contributed by atoms with Crippen LogP contribution in [0.15, 0.2) is 0 Å². The van der Waals surface area contributed by atoms with Gasteiger partial charge in [-0.1, -0.05) is 13.8 Å². The molecule has 1 heterocycles. The van der Waals surface area contributed by atoms with Gasteiger partial charge in [0.1, 0.15) is 0 Å². The Labute approximate surface area is 57.8 Å². The molecule has 0 aliphatic carbocycles. The van der Waals surface area contributed by atoms with Crippen molar-refractivity contribution in [3.63, 3.8) is 0 Å². The summed E-state index contributed by atoms with van der Waals surface area (Å²) in [4.78, 5) is 0. The quantitative estimate of drug-likeness (QED) is 0.468. The van der Waals surface area contributed by atoms with Crippen molar-refractivity contribution in [1.29, 1.82) is 0 Å². The second-order valence-corrected chi connectivity index (χ2v) is 3.38. The van der Waals surface area contributed by atoms with E-state index in [1.165, 1.54) is 12.8 Å². The lowest BCUT2D eigenvalue weighted by molar-refractivity contribution is 0.498. The summed E-state index contributed by atoms with van der Waals surface area (Å²) in [6.07, 6.45) is 2.76. The second-order valence-electron chi connectivity index (χ2n) is 3.38. The van der Waals surface area contributed by atoms with Crippen molar-refractivity contribution in [1.82, 2.24) is 5.32 Å². The average Bonchev–Trinajstić information content (AvgIpc) is 1.97. The molecule has 0 saturated carbocycles. The molecule has 1 radical (unpaired) electrons. The van der Waals surface area contributed by atoms with Crippen LogP contribution in [0.3, 0.4) is 0 Å². The first-order chi connectivity index (χ1) is 4.29. The molecule has 1 aliphatic heterocycles. The fourth-order valence-corrected chi connectivity index (χ4v) is 1.27. The summed E-state index contributed by atoms with van der Waals surface area (Å²) in [5, 5.41) is 4.43. The molecule has 1 saturated heterocycles. The molecule has 0 amide bonds. The Hall–Kier alpha value is -0.0400. The zero-order chi connectivity index (χ0) is 6.69. The van der Waals surface area contributed by atoms with E-state index >= 15 is 0 Å². The molecular formula is C8H16N. The van der Waals surface area contributed by atoms with E-state index in [1.54, 1.807) is 0 Å². The molecule has 0 aromatic carbocycles. The van der Waals surface area contributed by atoms with Gasteiger partial charge in [-0.05, 0) is 24.7 Å². The van der Waals surface area contributed by atoms with Crippen LogP contribution in [0, 0.1) is 11.8 Å². The average molecular weight is 126 g/mol. The summed E-state index contributed by atoms with van der Waals surface area (Å²) in [6, 6.07) is 0. The minimum Gasteiger partial charge on any atom is -0.241 e. The van der Waals surface area contributed by atoms with Crippen LogP contribution >= 0.6 is 0 Å². The van der Waals surface area contributed by atoms with Crippen molar-refractivity contribution in [3.05, 3.63) is 0 Å². The second kappa shape index (κ2) is 3.21. The van der Waals surface area contributed by atoms with Crippen molar-refractivity contribution in [2.24, 2.45) is 11.8 Å². The molecular weight excluding hydrogens is 110 g/mol. The zero-order valence-electron chi connectivity index (χ0n) is 6.43. The Morgan fingerprint density at radius 2 is 1.44 bits per heavy atom. The Morgan fingerprint density at radius 3 is 1.89 bits per heavy atom. The SMILES string of the molecule is CC1CCC(C)C[N]C1. The van der Waals surface area contributed by atoms with Crippen molar-refractivity contribution in [3.8, 4) is 0 Å². The first-order valence-corrected chi connectivity index (χ1v) is 3.92. The molecule has 1 rings (SSSR count). The summed E-state index contributed by atoms with van der Waals surface area (Å²) in [7, 11) is 0. The van der Waals surface area contributed by atoms with Crippen LogP contribution in [0.1, 0.15) is 26.7 Å². The molecule has 0 spiro atoms. The van der Waals surface area contributed by atoms with Gasteiger partial charge in [0.05, 0.1) is 0 Å². The maximum atomic E-state index is 4.43. The Morgan fingerprint density at radius 1 is 1.00 bits per heavy atom. The molecule has 0 aromatic heterocycles. The summed E-state index contributed by atoms with van der Waals surface area (Å²) in [5.41, 5.74) is 0. The highest BCUT2D eigenvalue weighted by Gasteiger charge is 2.11. The monoisotopic (exact) mass is 126 g/mol. The predicted molar refractivity (Wildman–Crippen MR) is 39.4 cm³/mol. The maximum absolute atomic E-state index is 4.43. The van der Waals surface area contributed by atoms with Crippen LogP contribution in [0.5, 0.6) is 0 Å². The van der Waals surface area contributed by atoms with Crippen LogP contribution in [0.4, 0.5) is 0 Å². The van der Waals surface area contributed by atoms with Gasteiger partial charge < -0.3 is 0 Å². The first kappa shape index (κ1) is 7.07. The van der Waals surface area contributed by atoms with E-state index in [1.807, 2.05) is 0 Å². The van der Waals surface area contributed by atoms with E-state index in [4.69, 9.17) is 0 Å². The van der Waals surface area contributed by atoms with E-state index in [0.29, 0.717) is 0 Å². The number of rotatable bonds is 0. The summed E-state index contributed by atoms with van der Waals surface area (Å²) >= 11 is 0. The Bertz CT molecular complexity index is 70.6. The third-order valence-corrected chi connectivity index (χ3v) is 2.03. The summed E-state index contributed by atoms with van der Waals surface area (Å²) in [6.45, 7) is 6.79. The Balaban J connectivity index is 2.25. The van der Waals surface area contributed by atoms with E-state index in [0.717, 1.165) is 24.9 Å². The van der Waals surface area contributed by atoms with Gasteiger partial charge in [-0.25, -0.2) is 5.32 Å². The standard InChI is InChI=1S/C8H16N/c1-7-3-4-8(2)6-9-5-7/h7-8H,3-6H2,1-2H3. The van der Waals surface area contributed by atoms with Gasteiger partial charge in [0.2, 0.25) is 0 Å². The molecule has 2 atom stereocenters. The molecule has 53 valence electrons. The zero-order valence-corrected chi connectivity index (χ0v) is 6.43. The minimum absolute atomic E-state index is 0.843. The third-order valence-electron chi connectivity index (χ3n) is 2.03. The normalized spacial score (nSPS) is 38.0. The van der Waals surface area contributed by atoms with Gasteiger partial charge >= 0.3 is 0 Å². The Kier molecular flexibility index (Phi) is 2.52. The van der Waals surface area contributed by atoms with Crippen molar-refractivity contribution in [2.45, 2.75) is 26.7 Å². The van der Waals surface area contributed by atoms with Gasteiger partial charge in [0.25, 0.3) is 0 Å². The lowest BCUT2D eigenvalue weighted by atomic mass is 10.0. The molecule has 0 aromatic rings. The summed E-state index contributed by atoms with van der Waals surface area (Å²) in [5.74, 6) is 1.69. The highest BCUT2D eigenvalue weighted by molar-refractivity contribution is 4.66. The molecule has 1 aliphatic rings. The van der Waals surface area contributed by atoms with E-state index in [9.17, 15) is 0 Å². The molecule has 1 fully saturated rings. The van der Waals surface area contributed by atoms with Gasteiger partial charge in [0.15, 0.2) is 0 Å². The number of hydrogen-bond donors (Lipinski definition) is 0. The van der Waals surface area contributed by atoms with E-state index in [-0.39, 0.29) is 0 Å². The van der Waals surface area contributed by atoms with Gasteiger partial charge in [-0.3, -0.25) is 0 Å². The molecule has 9 heavy (non-hydrogen) atoms. The lowest BCUT2D eigenvalue weighted by Crippen LogP contribution is -2.13. The highest BCUT2D eigenvalue weighted by Crippen LogP contribution is 2.14. The smallest absolute Gasteiger partial charge is 0.0159 e. The van der Waals surface area contributed by atoms with Gasteiger partial charge in [0, 0.05) is 13.1 Å². The van der Waals surface area contributed by atoms with Crippen LogP contribution in [0.25, 0.3) is 0 Å². The van der Waals surface area contributed by atoms with Gasteiger partial charge in [-0.15, -0.1) is 0 Å². The summed E-state index contributed by atoms with van der Waals surface area (Å²) < 4.78 is 0. The molecule has 0 bridgehead atoms. The molecule has 1 nitrogen and oxygen atoms in total. The lowest BCUT2D eigenvalue weighted by Gasteiger charge is -2.04. The first-order valence-electron chi connectivity index (χ1n) is 3.92. The largest absolute Gasteiger partial charge is 0.241 e. The predicted octanol–water partition coefficient (Wildman–Crippen LogP) is 1.66. The van der Waals surface area contributed by atoms with Crippen molar-refractivity contribution < 1.29 is 0 Å². The fourth-order valence-electron chi connectivity index (χ4n) is 1.27. The highest BCUT2D eigenvalue weighted by atomic mass is 14.9. The van der Waals surface area contributed by atoms with Crippen LogP contribution in [-0.4, -0.2) is 13.1 Å². The number of hydrogen-bond acceptors (Lipinski definition) is 0. The number of nitrogens with zero attached hydrogens (tertiary/aromatic N) is 1. The van der Waals surface area contributed by atoms with E-state index < -0.39 is 0 Å². The minimum atomic E-state index is 0.843. The topological polar surface area (TPSA) is 14.1 Å². The van der Waals surface area contributed by atoms with Crippen molar-refractivity contribution in [2.75, 3.05) is 13.1 Å². The van der Waals surface area contributed by atoms with Crippen LogP contribution < -0.4 is 5.32 Å².